The minimum atomic E-state index is -0.218. The molecule has 0 saturated heterocycles. The summed E-state index contributed by atoms with van der Waals surface area (Å²) in [4.78, 5) is 27.7. The van der Waals surface area contributed by atoms with E-state index in [0.717, 1.165) is 6.42 Å². The van der Waals surface area contributed by atoms with Crippen molar-refractivity contribution < 1.29 is 9.59 Å². The minimum Gasteiger partial charge on any atom is -0.326 e. The zero-order valence-electron chi connectivity index (χ0n) is 11.9. The molecule has 1 atom stereocenters. The Kier molecular flexibility index (Phi) is 5.05. The predicted molar refractivity (Wildman–Crippen MR) is 84.6 cm³/mol. The number of anilines is 2. The zero-order valence-corrected chi connectivity index (χ0v) is 12.7. The van der Waals surface area contributed by atoms with E-state index in [9.17, 15) is 9.59 Å². The van der Waals surface area contributed by atoms with Crippen molar-refractivity contribution in [2.24, 2.45) is 5.92 Å². The molecule has 21 heavy (non-hydrogen) atoms. The van der Waals surface area contributed by atoms with Gasteiger partial charge in [-0.1, -0.05) is 13.8 Å². The fraction of sp³-hybridized carbons (Fsp3) is 0.267. The van der Waals surface area contributed by atoms with Gasteiger partial charge in [0.1, 0.15) is 0 Å². The van der Waals surface area contributed by atoms with Crippen LogP contribution in [-0.2, 0) is 4.79 Å². The first-order chi connectivity index (χ1) is 10.1. The molecule has 1 heterocycles. The van der Waals surface area contributed by atoms with Crippen molar-refractivity contribution in [3.63, 3.8) is 0 Å². The quantitative estimate of drug-likeness (QED) is 0.889. The number of thiazole rings is 1. The molecule has 0 bridgehead atoms. The largest absolute Gasteiger partial charge is 0.326 e. The highest BCUT2D eigenvalue weighted by molar-refractivity contribution is 7.13. The Balaban J connectivity index is 1.98. The van der Waals surface area contributed by atoms with Gasteiger partial charge in [0.25, 0.3) is 5.91 Å². The first kappa shape index (κ1) is 15.2. The second-order valence-corrected chi connectivity index (χ2v) is 5.56. The van der Waals surface area contributed by atoms with Crippen LogP contribution in [0.4, 0.5) is 10.8 Å². The third kappa shape index (κ3) is 4.13. The molecule has 2 aromatic rings. The maximum absolute atomic E-state index is 12.0. The van der Waals surface area contributed by atoms with Gasteiger partial charge in [0.2, 0.25) is 5.91 Å². The Bertz CT molecular complexity index is 608. The van der Waals surface area contributed by atoms with Crippen LogP contribution < -0.4 is 10.6 Å². The van der Waals surface area contributed by atoms with Crippen LogP contribution in [0.3, 0.4) is 0 Å². The monoisotopic (exact) mass is 303 g/mol. The Hall–Kier alpha value is -2.21. The predicted octanol–water partition coefficient (Wildman–Crippen LogP) is 3.38. The van der Waals surface area contributed by atoms with Crippen molar-refractivity contribution in [3.8, 4) is 0 Å². The summed E-state index contributed by atoms with van der Waals surface area (Å²) in [5, 5.41) is 7.89. The number of aromatic nitrogens is 1. The third-order valence-electron chi connectivity index (χ3n) is 3.13. The normalized spacial score (nSPS) is 11.7. The second kappa shape index (κ2) is 6.99. The summed E-state index contributed by atoms with van der Waals surface area (Å²) in [6.45, 7) is 3.85. The van der Waals surface area contributed by atoms with Gasteiger partial charge >= 0.3 is 0 Å². The van der Waals surface area contributed by atoms with E-state index in [1.54, 1.807) is 35.8 Å². The van der Waals surface area contributed by atoms with Crippen LogP contribution in [0.25, 0.3) is 0 Å². The van der Waals surface area contributed by atoms with Crippen LogP contribution in [0.5, 0.6) is 0 Å². The molecule has 5 nitrogen and oxygen atoms in total. The average Bonchev–Trinajstić information content (AvgIpc) is 2.99. The van der Waals surface area contributed by atoms with Crippen LogP contribution in [0.1, 0.15) is 30.6 Å². The number of rotatable bonds is 5. The number of carbonyl (C=O) groups excluding carboxylic acids is 2. The molecule has 0 fully saturated rings. The summed E-state index contributed by atoms with van der Waals surface area (Å²) in [6, 6.07) is 6.79. The van der Waals surface area contributed by atoms with E-state index in [0.29, 0.717) is 16.4 Å². The van der Waals surface area contributed by atoms with Gasteiger partial charge in [0, 0.05) is 28.7 Å². The standard InChI is InChI=1S/C15H17N3O2S/c1-3-10(2)13(19)17-12-6-4-11(5-7-12)14(20)18-15-16-8-9-21-15/h4-10H,3H2,1-2H3,(H,17,19)(H,16,18,20). The van der Waals surface area contributed by atoms with Gasteiger partial charge in [-0.05, 0) is 30.7 Å². The van der Waals surface area contributed by atoms with Crippen molar-refractivity contribution in [1.82, 2.24) is 4.98 Å². The molecular formula is C15H17N3O2S. The van der Waals surface area contributed by atoms with Crippen molar-refractivity contribution >= 4 is 34.0 Å². The lowest BCUT2D eigenvalue weighted by atomic mass is 10.1. The molecule has 2 amide bonds. The summed E-state index contributed by atoms with van der Waals surface area (Å²) in [7, 11) is 0. The van der Waals surface area contributed by atoms with Gasteiger partial charge in [-0.3, -0.25) is 14.9 Å². The molecule has 0 radical (unpaired) electrons. The van der Waals surface area contributed by atoms with E-state index in [1.807, 2.05) is 13.8 Å². The number of nitrogens with zero attached hydrogens (tertiary/aromatic N) is 1. The Morgan fingerprint density at radius 1 is 1.24 bits per heavy atom. The first-order valence-electron chi connectivity index (χ1n) is 6.72. The first-order valence-corrected chi connectivity index (χ1v) is 7.60. The SMILES string of the molecule is CCC(C)C(=O)Nc1ccc(C(=O)Nc2nccs2)cc1. The summed E-state index contributed by atoms with van der Waals surface area (Å²) in [5.41, 5.74) is 1.21. The van der Waals surface area contributed by atoms with Crippen molar-refractivity contribution in [3.05, 3.63) is 41.4 Å². The van der Waals surface area contributed by atoms with E-state index in [-0.39, 0.29) is 17.7 Å². The summed E-state index contributed by atoms with van der Waals surface area (Å²) in [6.07, 6.45) is 2.42. The van der Waals surface area contributed by atoms with E-state index >= 15 is 0 Å². The van der Waals surface area contributed by atoms with Gasteiger partial charge in [-0.15, -0.1) is 11.3 Å². The minimum absolute atomic E-state index is 0.0162. The molecule has 1 unspecified atom stereocenters. The number of hydrogen-bond acceptors (Lipinski definition) is 4. The lowest BCUT2D eigenvalue weighted by molar-refractivity contribution is -0.119. The fourth-order valence-electron chi connectivity index (χ4n) is 1.61. The molecule has 0 aliphatic rings. The molecule has 110 valence electrons. The number of carbonyl (C=O) groups is 2. The van der Waals surface area contributed by atoms with E-state index in [1.165, 1.54) is 11.3 Å². The molecule has 6 heteroatoms. The topological polar surface area (TPSA) is 71.1 Å². The van der Waals surface area contributed by atoms with Gasteiger partial charge in [-0.2, -0.15) is 0 Å². The fourth-order valence-corrected chi connectivity index (χ4v) is 2.13. The van der Waals surface area contributed by atoms with Crippen molar-refractivity contribution in [2.75, 3.05) is 10.6 Å². The van der Waals surface area contributed by atoms with E-state index < -0.39 is 0 Å². The van der Waals surface area contributed by atoms with E-state index in [4.69, 9.17) is 0 Å². The Morgan fingerprint density at radius 2 is 1.95 bits per heavy atom. The number of amides is 2. The summed E-state index contributed by atoms with van der Waals surface area (Å²) >= 11 is 1.36. The van der Waals surface area contributed by atoms with Gasteiger partial charge in [0.05, 0.1) is 0 Å². The van der Waals surface area contributed by atoms with Crippen molar-refractivity contribution in [1.29, 1.82) is 0 Å². The molecule has 2 N–H and O–H groups in total. The van der Waals surface area contributed by atoms with Crippen LogP contribution in [0.15, 0.2) is 35.8 Å². The van der Waals surface area contributed by atoms with Gasteiger partial charge < -0.3 is 5.32 Å². The third-order valence-corrected chi connectivity index (χ3v) is 3.82. The summed E-state index contributed by atoms with van der Waals surface area (Å²) < 4.78 is 0. The highest BCUT2D eigenvalue weighted by Crippen LogP contribution is 2.15. The molecular weight excluding hydrogens is 286 g/mol. The maximum Gasteiger partial charge on any atom is 0.257 e. The number of nitrogens with one attached hydrogen (secondary N) is 2. The van der Waals surface area contributed by atoms with Gasteiger partial charge in [-0.25, -0.2) is 4.98 Å². The molecule has 0 aliphatic heterocycles. The zero-order chi connectivity index (χ0) is 15.2. The Labute approximate surface area is 127 Å². The molecule has 0 aliphatic carbocycles. The molecule has 2 rings (SSSR count). The highest BCUT2D eigenvalue weighted by atomic mass is 32.1. The number of benzene rings is 1. The highest BCUT2D eigenvalue weighted by Gasteiger charge is 2.11. The molecule has 1 aromatic carbocycles. The summed E-state index contributed by atoms with van der Waals surface area (Å²) in [5.74, 6) is -0.264. The smallest absolute Gasteiger partial charge is 0.257 e. The van der Waals surface area contributed by atoms with Gasteiger partial charge in [0.15, 0.2) is 5.13 Å². The van der Waals surface area contributed by atoms with Crippen molar-refractivity contribution in [2.45, 2.75) is 20.3 Å². The van der Waals surface area contributed by atoms with E-state index in [2.05, 4.69) is 15.6 Å². The van der Waals surface area contributed by atoms with Crippen LogP contribution in [-0.4, -0.2) is 16.8 Å². The molecule has 0 saturated carbocycles. The average molecular weight is 303 g/mol. The molecule has 0 spiro atoms. The van der Waals surface area contributed by atoms with Crippen LogP contribution in [0, 0.1) is 5.92 Å². The lowest BCUT2D eigenvalue weighted by Crippen LogP contribution is -2.19. The lowest BCUT2D eigenvalue weighted by Gasteiger charge is -2.10. The Morgan fingerprint density at radius 3 is 2.52 bits per heavy atom. The molecule has 1 aromatic heterocycles. The van der Waals surface area contributed by atoms with Crippen LogP contribution >= 0.6 is 11.3 Å². The maximum atomic E-state index is 12.0. The second-order valence-electron chi connectivity index (χ2n) is 4.67. The number of hydrogen-bond donors (Lipinski definition) is 2. The van der Waals surface area contributed by atoms with Crippen LogP contribution in [0.2, 0.25) is 0 Å².